The molecular weight excluding hydrogens is 220 g/mol. The van der Waals surface area contributed by atoms with Gasteiger partial charge >= 0.3 is 0 Å². The van der Waals surface area contributed by atoms with E-state index in [-0.39, 0.29) is 18.3 Å². The van der Waals surface area contributed by atoms with Crippen molar-refractivity contribution in [3.8, 4) is 0 Å². The maximum Gasteiger partial charge on any atom is 0.236 e. The van der Waals surface area contributed by atoms with Crippen LogP contribution in [0.1, 0.15) is 13.3 Å². The molecule has 1 unspecified atom stereocenters. The molecule has 5 heteroatoms. The molecule has 0 aromatic rings. The van der Waals surface area contributed by atoms with Gasteiger partial charge in [0.25, 0.3) is 0 Å². The molecule has 0 spiro atoms. The molecule has 0 bridgehead atoms. The van der Waals surface area contributed by atoms with E-state index in [0.717, 1.165) is 25.3 Å². The van der Waals surface area contributed by atoms with E-state index >= 15 is 0 Å². The van der Waals surface area contributed by atoms with Crippen LogP contribution in [0.5, 0.6) is 0 Å². The summed E-state index contributed by atoms with van der Waals surface area (Å²) in [7, 11) is 1.81. The van der Waals surface area contributed by atoms with Crippen molar-refractivity contribution in [2.24, 2.45) is 0 Å². The molecular formula is C9H19ClN2OS. The Morgan fingerprint density at radius 2 is 2.36 bits per heavy atom. The maximum atomic E-state index is 11.5. The highest BCUT2D eigenvalue weighted by molar-refractivity contribution is 8.00. The molecule has 1 rings (SSSR count). The summed E-state index contributed by atoms with van der Waals surface area (Å²) < 4.78 is 0. The van der Waals surface area contributed by atoms with E-state index in [1.165, 1.54) is 0 Å². The molecule has 0 radical (unpaired) electrons. The van der Waals surface area contributed by atoms with E-state index in [0.29, 0.717) is 11.8 Å². The fraction of sp³-hybridized carbons (Fsp3) is 0.889. The second-order valence-electron chi connectivity index (χ2n) is 3.27. The average Bonchev–Trinajstić information content (AvgIpc) is 2.18. The van der Waals surface area contributed by atoms with E-state index in [9.17, 15) is 4.79 Å². The van der Waals surface area contributed by atoms with Crippen molar-refractivity contribution in [2.45, 2.75) is 18.6 Å². The van der Waals surface area contributed by atoms with Crippen molar-refractivity contribution in [3.05, 3.63) is 0 Å². The maximum absolute atomic E-state index is 11.5. The summed E-state index contributed by atoms with van der Waals surface area (Å²) in [5.74, 6) is 1.33. The van der Waals surface area contributed by atoms with E-state index < -0.39 is 0 Å². The molecule has 0 aliphatic carbocycles. The third-order valence-electron chi connectivity index (χ3n) is 2.27. The molecule has 1 N–H and O–H groups in total. The van der Waals surface area contributed by atoms with Crippen molar-refractivity contribution >= 4 is 30.1 Å². The van der Waals surface area contributed by atoms with Gasteiger partial charge in [-0.05, 0) is 13.5 Å². The number of carbonyl (C=O) groups excluding carboxylic acids is 1. The summed E-state index contributed by atoms with van der Waals surface area (Å²) in [4.78, 5) is 13.5. The smallest absolute Gasteiger partial charge is 0.236 e. The molecule has 0 aromatic heterocycles. The molecule has 0 saturated carbocycles. The van der Waals surface area contributed by atoms with Crippen LogP contribution >= 0.6 is 24.2 Å². The first-order valence-corrected chi connectivity index (χ1v) is 5.86. The number of hydrogen-bond donors (Lipinski definition) is 1. The van der Waals surface area contributed by atoms with Crippen molar-refractivity contribution in [1.29, 1.82) is 0 Å². The van der Waals surface area contributed by atoms with Gasteiger partial charge in [-0.15, -0.1) is 12.4 Å². The van der Waals surface area contributed by atoms with Crippen molar-refractivity contribution in [3.63, 3.8) is 0 Å². The van der Waals surface area contributed by atoms with Gasteiger partial charge in [-0.3, -0.25) is 4.79 Å². The largest absolute Gasteiger partial charge is 0.340 e. The Hall–Kier alpha value is 0.0700. The number of halogens is 1. The lowest BCUT2D eigenvalue weighted by molar-refractivity contribution is -0.130. The summed E-state index contributed by atoms with van der Waals surface area (Å²) in [6.07, 6.45) is 1.16. The molecule has 3 nitrogen and oxygen atoms in total. The molecule has 0 aromatic carbocycles. The van der Waals surface area contributed by atoms with Crippen LogP contribution in [0, 0.1) is 0 Å². The number of hydrogen-bond acceptors (Lipinski definition) is 3. The molecule has 1 atom stereocenters. The molecule has 1 fully saturated rings. The number of carbonyl (C=O) groups is 1. The first kappa shape index (κ1) is 14.1. The minimum absolute atomic E-state index is 0. The summed E-state index contributed by atoms with van der Waals surface area (Å²) in [5.41, 5.74) is 0. The van der Waals surface area contributed by atoms with Gasteiger partial charge in [-0.25, -0.2) is 0 Å². The van der Waals surface area contributed by atoms with E-state index in [1.807, 2.05) is 23.7 Å². The number of rotatable bonds is 3. The fourth-order valence-corrected chi connectivity index (χ4v) is 2.64. The average molecular weight is 239 g/mol. The first-order valence-electron chi connectivity index (χ1n) is 4.82. The van der Waals surface area contributed by atoms with Gasteiger partial charge < -0.3 is 10.2 Å². The predicted octanol–water partition coefficient (Wildman–Crippen LogP) is 0.982. The molecule has 1 amide bonds. The van der Waals surface area contributed by atoms with Crippen LogP contribution in [-0.2, 0) is 4.79 Å². The Bertz CT molecular complexity index is 180. The highest BCUT2D eigenvalue weighted by Crippen LogP contribution is 2.20. The molecule has 1 aliphatic heterocycles. The fourth-order valence-electron chi connectivity index (χ4n) is 1.46. The lowest BCUT2D eigenvalue weighted by Gasteiger charge is -2.31. The summed E-state index contributed by atoms with van der Waals surface area (Å²) >= 11 is 1.99. The Labute approximate surface area is 96.4 Å². The molecule has 1 saturated heterocycles. The van der Waals surface area contributed by atoms with Crippen LogP contribution in [0.15, 0.2) is 0 Å². The van der Waals surface area contributed by atoms with Crippen LogP contribution in [0.2, 0.25) is 0 Å². The third kappa shape index (κ3) is 4.07. The van der Waals surface area contributed by atoms with Crippen molar-refractivity contribution < 1.29 is 4.79 Å². The van der Waals surface area contributed by atoms with E-state index in [1.54, 1.807) is 0 Å². The van der Waals surface area contributed by atoms with Gasteiger partial charge in [0.05, 0.1) is 6.54 Å². The van der Waals surface area contributed by atoms with Crippen LogP contribution in [-0.4, -0.2) is 48.5 Å². The predicted molar refractivity (Wildman–Crippen MR) is 64.3 cm³/mol. The summed E-state index contributed by atoms with van der Waals surface area (Å²) in [6.45, 7) is 4.51. The number of nitrogens with one attached hydrogen (secondary N) is 1. The van der Waals surface area contributed by atoms with Gasteiger partial charge in [-0.1, -0.05) is 6.92 Å². The Morgan fingerprint density at radius 3 is 2.93 bits per heavy atom. The normalized spacial score (nSPS) is 21.6. The molecule has 1 aliphatic rings. The Kier molecular flexibility index (Phi) is 7.41. The Balaban J connectivity index is 0.00000169. The highest BCUT2D eigenvalue weighted by Gasteiger charge is 2.21. The SMILES string of the molecule is CCC1CN(C(=O)CNC)CCS1.Cl. The Morgan fingerprint density at radius 1 is 1.64 bits per heavy atom. The van der Waals surface area contributed by atoms with Gasteiger partial charge in [-0.2, -0.15) is 11.8 Å². The lowest BCUT2D eigenvalue weighted by Crippen LogP contribution is -2.44. The molecule has 14 heavy (non-hydrogen) atoms. The first-order chi connectivity index (χ1) is 6.27. The second-order valence-corrected chi connectivity index (χ2v) is 4.68. The van der Waals surface area contributed by atoms with Gasteiger partial charge in [0, 0.05) is 24.1 Å². The number of likely N-dealkylation sites (N-methyl/N-ethyl adjacent to an activating group) is 1. The number of nitrogens with zero attached hydrogens (tertiary/aromatic N) is 1. The van der Waals surface area contributed by atoms with Crippen molar-refractivity contribution in [2.75, 3.05) is 32.4 Å². The second kappa shape index (κ2) is 7.37. The minimum atomic E-state index is 0. The van der Waals surface area contributed by atoms with Crippen LogP contribution in [0.3, 0.4) is 0 Å². The number of amides is 1. The van der Waals surface area contributed by atoms with Crippen LogP contribution in [0.4, 0.5) is 0 Å². The summed E-state index contributed by atoms with van der Waals surface area (Å²) in [5, 5.41) is 3.55. The van der Waals surface area contributed by atoms with Crippen molar-refractivity contribution in [1.82, 2.24) is 10.2 Å². The third-order valence-corrected chi connectivity index (χ3v) is 3.65. The quantitative estimate of drug-likeness (QED) is 0.796. The topological polar surface area (TPSA) is 32.3 Å². The number of thioether (sulfide) groups is 1. The van der Waals surface area contributed by atoms with E-state index in [2.05, 4.69) is 12.2 Å². The minimum Gasteiger partial charge on any atom is -0.340 e. The van der Waals surface area contributed by atoms with Crippen LogP contribution in [0.25, 0.3) is 0 Å². The van der Waals surface area contributed by atoms with Gasteiger partial charge in [0.15, 0.2) is 0 Å². The summed E-state index contributed by atoms with van der Waals surface area (Å²) in [6, 6.07) is 0. The molecule has 1 heterocycles. The monoisotopic (exact) mass is 238 g/mol. The zero-order chi connectivity index (χ0) is 9.68. The van der Waals surface area contributed by atoms with Gasteiger partial charge in [0.2, 0.25) is 5.91 Å². The van der Waals surface area contributed by atoms with Gasteiger partial charge in [0.1, 0.15) is 0 Å². The highest BCUT2D eigenvalue weighted by atomic mass is 35.5. The molecule has 84 valence electrons. The zero-order valence-electron chi connectivity index (χ0n) is 8.78. The standard InChI is InChI=1S/C9H18N2OS.ClH/c1-3-8-7-11(4-5-13-8)9(12)6-10-2;/h8,10H,3-7H2,1-2H3;1H. The lowest BCUT2D eigenvalue weighted by atomic mass is 10.3. The van der Waals surface area contributed by atoms with Crippen LogP contribution < -0.4 is 5.32 Å². The van der Waals surface area contributed by atoms with E-state index in [4.69, 9.17) is 0 Å². The zero-order valence-corrected chi connectivity index (χ0v) is 10.4.